The van der Waals surface area contributed by atoms with Crippen LogP contribution in [-0.4, -0.2) is 10.9 Å². The fraction of sp³-hybridized carbons (Fsp3) is 0. The van der Waals surface area contributed by atoms with E-state index in [1.807, 2.05) is 42.5 Å². The molecule has 0 radical (unpaired) electrons. The maximum atomic E-state index is 12.4. The molecule has 3 aromatic rings. The molecule has 0 atom stereocenters. The third-order valence-corrected chi connectivity index (χ3v) is 3.60. The molecule has 4 nitrogen and oxygen atoms in total. The fourth-order valence-corrected chi connectivity index (χ4v) is 2.24. The number of benzene rings is 2. The monoisotopic (exact) mass is 368 g/mol. The van der Waals surface area contributed by atoms with Crippen LogP contribution in [0.3, 0.4) is 0 Å². The first-order valence-electron chi connectivity index (χ1n) is 6.97. The largest absolute Gasteiger partial charge is 0.438 e. The molecule has 0 aliphatic heterocycles. The summed E-state index contributed by atoms with van der Waals surface area (Å²) in [4.78, 5) is 16.6. The zero-order valence-corrected chi connectivity index (χ0v) is 13.7. The van der Waals surface area contributed by atoms with Gasteiger partial charge in [0.05, 0.1) is 0 Å². The van der Waals surface area contributed by atoms with Gasteiger partial charge in [-0.05, 0) is 48.5 Å². The third kappa shape index (κ3) is 3.96. The van der Waals surface area contributed by atoms with Gasteiger partial charge in [0.1, 0.15) is 11.3 Å². The van der Waals surface area contributed by atoms with Gasteiger partial charge < -0.3 is 10.1 Å². The number of para-hydroxylation sites is 1. The Morgan fingerprint density at radius 2 is 1.70 bits per heavy atom. The van der Waals surface area contributed by atoms with Gasteiger partial charge in [-0.15, -0.1) is 0 Å². The average Bonchev–Trinajstić information content (AvgIpc) is 2.58. The van der Waals surface area contributed by atoms with E-state index in [1.165, 1.54) is 0 Å². The quantitative estimate of drug-likeness (QED) is 0.713. The summed E-state index contributed by atoms with van der Waals surface area (Å²) >= 11 is 3.37. The Balaban J connectivity index is 1.82. The third-order valence-electron chi connectivity index (χ3n) is 3.08. The number of pyridine rings is 1. The van der Waals surface area contributed by atoms with Gasteiger partial charge in [-0.2, -0.15) is 0 Å². The van der Waals surface area contributed by atoms with E-state index in [0.29, 0.717) is 11.3 Å². The number of carbonyl (C=O) groups is 1. The second-order valence-electron chi connectivity index (χ2n) is 4.73. The van der Waals surface area contributed by atoms with Gasteiger partial charge >= 0.3 is 0 Å². The van der Waals surface area contributed by atoms with Crippen LogP contribution in [0.25, 0.3) is 0 Å². The minimum Gasteiger partial charge on any atom is -0.438 e. The van der Waals surface area contributed by atoms with Gasteiger partial charge in [0.2, 0.25) is 5.88 Å². The number of nitrogens with zero attached hydrogens (tertiary/aromatic N) is 1. The molecule has 1 amide bonds. The lowest BCUT2D eigenvalue weighted by atomic mass is 10.2. The van der Waals surface area contributed by atoms with Crippen LogP contribution in [0, 0.1) is 0 Å². The fourth-order valence-electron chi connectivity index (χ4n) is 1.98. The predicted molar refractivity (Wildman–Crippen MR) is 92.8 cm³/mol. The van der Waals surface area contributed by atoms with Gasteiger partial charge in [0.15, 0.2) is 0 Å². The summed E-state index contributed by atoms with van der Waals surface area (Å²) in [7, 11) is 0. The van der Waals surface area contributed by atoms with Gasteiger partial charge in [-0.25, -0.2) is 4.98 Å². The lowest BCUT2D eigenvalue weighted by molar-refractivity contribution is 0.102. The first kappa shape index (κ1) is 15.2. The van der Waals surface area contributed by atoms with E-state index >= 15 is 0 Å². The van der Waals surface area contributed by atoms with E-state index in [2.05, 4.69) is 26.2 Å². The van der Waals surface area contributed by atoms with Crippen molar-refractivity contribution in [2.45, 2.75) is 0 Å². The molecule has 23 heavy (non-hydrogen) atoms. The van der Waals surface area contributed by atoms with E-state index in [1.54, 1.807) is 30.5 Å². The van der Waals surface area contributed by atoms with Crippen molar-refractivity contribution in [1.82, 2.24) is 4.98 Å². The Morgan fingerprint density at radius 1 is 0.957 bits per heavy atom. The van der Waals surface area contributed by atoms with E-state index in [-0.39, 0.29) is 11.8 Å². The van der Waals surface area contributed by atoms with Crippen molar-refractivity contribution in [2.75, 3.05) is 5.32 Å². The predicted octanol–water partition coefficient (Wildman–Crippen LogP) is 4.89. The van der Waals surface area contributed by atoms with Crippen molar-refractivity contribution >= 4 is 27.5 Å². The minimum absolute atomic E-state index is 0.267. The summed E-state index contributed by atoms with van der Waals surface area (Å²) in [6.45, 7) is 0. The van der Waals surface area contributed by atoms with Crippen molar-refractivity contribution in [1.29, 1.82) is 0 Å². The standard InChI is InChI=1S/C18H13BrN2O2/c19-13-8-10-15(11-9-13)23-18-16(7-4-12-20-18)17(22)21-14-5-2-1-3-6-14/h1-12H,(H,21,22). The molecule has 0 unspecified atom stereocenters. The molecule has 0 aliphatic carbocycles. The number of carbonyl (C=O) groups excluding carboxylic acids is 1. The van der Waals surface area contributed by atoms with Crippen LogP contribution in [0.15, 0.2) is 77.4 Å². The highest BCUT2D eigenvalue weighted by molar-refractivity contribution is 9.10. The van der Waals surface area contributed by atoms with Crippen molar-refractivity contribution in [3.8, 4) is 11.6 Å². The van der Waals surface area contributed by atoms with E-state index in [0.717, 1.165) is 10.2 Å². The van der Waals surface area contributed by atoms with Gasteiger partial charge in [-0.1, -0.05) is 34.1 Å². The Kier molecular flexibility index (Phi) is 4.68. The molecule has 2 aromatic carbocycles. The Hall–Kier alpha value is -2.66. The number of halogens is 1. The smallest absolute Gasteiger partial charge is 0.261 e. The molecule has 5 heteroatoms. The number of amides is 1. The van der Waals surface area contributed by atoms with Crippen molar-refractivity contribution in [3.63, 3.8) is 0 Å². The Labute approximate surface area is 142 Å². The molecule has 0 bridgehead atoms. The Bertz CT molecular complexity index is 805. The molecule has 0 fully saturated rings. The number of nitrogens with one attached hydrogen (secondary N) is 1. The van der Waals surface area contributed by atoms with Crippen molar-refractivity contribution < 1.29 is 9.53 Å². The van der Waals surface area contributed by atoms with Crippen LogP contribution < -0.4 is 10.1 Å². The number of aromatic nitrogens is 1. The number of rotatable bonds is 4. The van der Waals surface area contributed by atoms with Crippen LogP contribution >= 0.6 is 15.9 Å². The number of hydrogen-bond donors (Lipinski definition) is 1. The van der Waals surface area contributed by atoms with Crippen LogP contribution in [0.1, 0.15) is 10.4 Å². The average molecular weight is 369 g/mol. The van der Waals surface area contributed by atoms with Gasteiger partial charge in [0.25, 0.3) is 5.91 Å². The molecule has 1 aromatic heterocycles. The van der Waals surface area contributed by atoms with Crippen LogP contribution in [-0.2, 0) is 0 Å². The maximum Gasteiger partial charge on any atom is 0.261 e. The highest BCUT2D eigenvalue weighted by Gasteiger charge is 2.14. The zero-order valence-electron chi connectivity index (χ0n) is 12.1. The van der Waals surface area contributed by atoms with Crippen molar-refractivity contribution in [3.05, 3.63) is 83.0 Å². The topological polar surface area (TPSA) is 51.2 Å². The molecule has 0 saturated heterocycles. The lowest BCUT2D eigenvalue weighted by Crippen LogP contribution is -2.13. The summed E-state index contributed by atoms with van der Waals surface area (Å²) in [5.41, 5.74) is 1.09. The molecule has 0 aliphatic rings. The van der Waals surface area contributed by atoms with Crippen LogP contribution in [0.5, 0.6) is 11.6 Å². The Morgan fingerprint density at radius 3 is 2.43 bits per heavy atom. The second kappa shape index (κ2) is 7.07. The molecule has 3 rings (SSSR count). The number of anilines is 1. The first-order valence-corrected chi connectivity index (χ1v) is 7.76. The lowest BCUT2D eigenvalue weighted by Gasteiger charge is -2.10. The summed E-state index contributed by atoms with van der Waals surface area (Å²) in [5, 5.41) is 2.83. The molecule has 1 N–H and O–H groups in total. The highest BCUT2D eigenvalue weighted by Crippen LogP contribution is 2.25. The van der Waals surface area contributed by atoms with Gasteiger partial charge in [0, 0.05) is 16.4 Å². The molecule has 1 heterocycles. The molecule has 0 spiro atoms. The van der Waals surface area contributed by atoms with Crippen LogP contribution in [0.4, 0.5) is 5.69 Å². The van der Waals surface area contributed by atoms with Crippen LogP contribution in [0.2, 0.25) is 0 Å². The van der Waals surface area contributed by atoms with Gasteiger partial charge in [-0.3, -0.25) is 4.79 Å². The number of hydrogen-bond acceptors (Lipinski definition) is 3. The highest BCUT2D eigenvalue weighted by atomic mass is 79.9. The number of ether oxygens (including phenoxy) is 1. The molecular formula is C18H13BrN2O2. The minimum atomic E-state index is -0.267. The van der Waals surface area contributed by atoms with E-state index in [4.69, 9.17) is 4.74 Å². The maximum absolute atomic E-state index is 12.4. The van der Waals surface area contributed by atoms with E-state index < -0.39 is 0 Å². The first-order chi connectivity index (χ1) is 11.2. The van der Waals surface area contributed by atoms with E-state index in [9.17, 15) is 4.79 Å². The summed E-state index contributed by atoms with van der Waals surface area (Å²) in [6, 6.07) is 20.0. The summed E-state index contributed by atoms with van der Waals surface area (Å²) < 4.78 is 6.68. The van der Waals surface area contributed by atoms with Crippen molar-refractivity contribution in [2.24, 2.45) is 0 Å². The SMILES string of the molecule is O=C(Nc1ccccc1)c1cccnc1Oc1ccc(Br)cc1. The normalized spacial score (nSPS) is 10.1. The molecule has 114 valence electrons. The summed E-state index contributed by atoms with van der Waals surface area (Å²) in [5.74, 6) is 0.611. The molecule has 0 saturated carbocycles. The summed E-state index contributed by atoms with van der Waals surface area (Å²) in [6.07, 6.45) is 1.59. The second-order valence-corrected chi connectivity index (χ2v) is 5.65. The molecular weight excluding hydrogens is 356 g/mol. The zero-order chi connectivity index (χ0) is 16.1.